The van der Waals surface area contributed by atoms with Crippen LogP contribution in [0.15, 0.2) is 29.0 Å². The van der Waals surface area contributed by atoms with Crippen molar-refractivity contribution in [2.45, 2.75) is 13.8 Å². The van der Waals surface area contributed by atoms with Crippen LogP contribution in [-0.4, -0.2) is 14.4 Å². The summed E-state index contributed by atoms with van der Waals surface area (Å²) >= 11 is 5.15. The molecule has 0 bridgehead atoms. The smallest absolute Gasteiger partial charge is 0.137 e. The van der Waals surface area contributed by atoms with Crippen molar-refractivity contribution in [1.29, 1.82) is 0 Å². The molecule has 0 aliphatic rings. The second-order valence-corrected chi connectivity index (χ2v) is 6.01. The van der Waals surface area contributed by atoms with Crippen LogP contribution in [0.25, 0.3) is 16.2 Å². The molecule has 0 aliphatic heterocycles. The molecule has 0 saturated heterocycles. The van der Waals surface area contributed by atoms with E-state index in [1.165, 1.54) is 0 Å². The van der Waals surface area contributed by atoms with Gasteiger partial charge in [-0.25, -0.2) is 9.97 Å². The molecule has 0 N–H and O–H groups in total. The first kappa shape index (κ1) is 10.9. The first-order chi connectivity index (χ1) is 8.13. The molecule has 0 unspecified atom stereocenters. The fraction of sp³-hybridized carbons (Fsp3) is 0.167. The Labute approximate surface area is 111 Å². The summed E-state index contributed by atoms with van der Waals surface area (Å²) in [5.41, 5.74) is 3.00. The van der Waals surface area contributed by atoms with Crippen molar-refractivity contribution in [1.82, 2.24) is 14.4 Å². The van der Waals surface area contributed by atoms with Gasteiger partial charge in [0.05, 0.1) is 15.6 Å². The molecule has 3 nitrogen and oxygen atoms in total. The molecule has 86 valence electrons. The van der Waals surface area contributed by atoms with Gasteiger partial charge in [-0.3, -0.25) is 0 Å². The van der Waals surface area contributed by atoms with Crippen molar-refractivity contribution < 1.29 is 0 Å². The summed E-state index contributed by atoms with van der Waals surface area (Å²) in [4.78, 5) is 10.2. The Balaban J connectivity index is 2.21. The monoisotopic (exact) mass is 307 g/mol. The Bertz CT molecular complexity index is 699. The Hall–Kier alpha value is -1.20. The van der Waals surface area contributed by atoms with Gasteiger partial charge in [-0.1, -0.05) is 0 Å². The van der Waals surface area contributed by atoms with Crippen LogP contribution in [0.3, 0.4) is 0 Å². The summed E-state index contributed by atoms with van der Waals surface area (Å²) in [5, 5.41) is 1.08. The van der Waals surface area contributed by atoms with Gasteiger partial charge in [0, 0.05) is 16.9 Å². The predicted molar refractivity (Wildman–Crippen MR) is 73.5 cm³/mol. The zero-order valence-electron chi connectivity index (χ0n) is 9.44. The number of fused-ring (bicyclic) bond motifs is 1. The van der Waals surface area contributed by atoms with E-state index in [-0.39, 0.29) is 0 Å². The Morgan fingerprint density at radius 1 is 1.18 bits per heavy atom. The van der Waals surface area contributed by atoms with Gasteiger partial charge in [0.1, 0.15) is 11.3 Å². The van der Waals surface area contributed by atoms with Crippen LogP contribution in [0.1, 0.15) is 10.7 Å². The van der Waals surface area contributed by atoms with Crippen LogP contribution < -0.4 is 0 Å². The van der Waals surface area contributed by atoms with Gasteiger partial charge in [-0.15, -0.1) is 11.3 Å². The van der Waals surface area contributed by atoms with Crippen molar-refractivity contribution in [2.75, 3.05) is 0 Å². The van der Waals surface area contributed by atoms with Crippen LogP contribution in [0.2, 0.25) is 0 Å². The summed E-state index contributed by atoms with van der Waals surface area (Å²) in [6.45, 7) is 4.05. The molecule has 0 fully saturated rings. The lowest BCUT2D eigenvalue weighted by molar-refractivity contribution is 1.17. The molecule has 3 aromatic rings. The molecule has 0 atom stereocenters. The fourth-order valence-corrected chi connectivity index (χ4v) is 3.07. The van der Waals surface area contributed by atoms with Gasteiger partial charge in [0.2, 0.25) is 0 Å². The number of pyridine rings is 1. The number of imidazole rings is 1. The van der Waals surface area contributed by atoms with Crippen molar-refractivity contribution in [3.63, 3.8) is 0 Å². The minimum atomic E-state index is 0.952. The summed E-state index contributed by atoms with van der Waals surface area (Å²) in [5.74, 6) is 0. The van der Waals surface area contributed by atoms with E-state index >= 15 is 0 Å². The number of halogens is 1. The number of nitrogens with zero attached hydrogens (tertiary/aromatic N) is 3. The SMILES string of the molecule is Cc1nc(C)c(-c2cn3cc(Br)ccc3n2)s1. The summed E-state index contributed by atoms with van der Waals surface area (Å²) in [6, 6.07) is 3.99. The third kappa shape index (κ3) is 1.89. The summed E-state index contributed by atoms with van der Waals surface area (Å²) in [6.07, 6.45) is 4.05. The lowest BCUT2D eigenvalue weighted by Crippen LogP contribution is -1.80. The molecule has 3 rings (SSSR count). The highest BCUT2D eigenvalue weighted by Crippen LogP contribution is 2.29. The van der Waals surface area contributed by atoms with Gasteiger partial charge in [0.25, 0.3) is 0 Å². The Morgan fingerprint density at radius 2 is 2.00 bits per heavy atom. The first-order valence-corrected chi connectivity index (χ1v) is 6.83. The highest BCUT2D eigenvalue weighted by molar-refractivity contribution is 9.10. The van der Waals surface area contributed by atoms with Crippen LogP contribution in [0, 0.1) is 13.8 Å². The van der Waals surface area contributed by atoms with Crippen LogP contribution >= 0.6 is 27.3 Å². The molecular weight excluding hydrogens is 298 g/mol. The molecule has 0 saturated carbocycles. The van der Waals surface area contributed by atoms with E-state index in [0.717, 1.165) is 31.4 Å². The Kier molecular flexibility index (Phi) is 2.52. The molecule has 5 heteroatoms. The van der Waals surface area contributed by atoms with Gasteiger partial charge >= 0.3 is 0 Å². The minimum absolute atomic E-state index is 0.952. The van der Waals surface area contributed by atoms with Gasteiger partial charge in [-0.2, -0.15) is 0 Å². The summed E-state index contributed by atoms with van der Waals surface area (Å²) in [7, 11) is 0. The molecule has 0 aliphatic carbocycles. The van der Waals surface area contributed by atoms with Gasteiger partial charge < -0.3 is 4.40 Å². The summed E-state index contributed by atoms with van der Waals surface area (Å²) < 4.78 is 3.07. The quantitative estimate of drug-likeness (QED) is 0.684. The maximum Gasteiger partial charge on any atom is 0.137 e. The van der Waals surface area contributed by atoms with Crippen molar-refractivity contribution >= 4 is 32.9 Å². The van der Waals surface area contributed by atoms with E-state index in [1.807, 2.05) is 42.8 Å². The third-order valence-electron chi connectivity index (χ3n) is 2.55. The third-order valence-corrected chi connectivity index (χ3v) is 4.12. The molecule has 3 aromatic heterocycles. The second kappa shape index (κ2) is 3.92. The molecule has 0 amide bonds. The topological polar surface area (TPSA) is 30.2 Å². The van der Waals surface area contributed by atoms with E-state index < -0.39 is 0 Å². The largest absolute Gasteiger partial charge is 0.305 e. The zero-order chi connectivity index (χ0) is 12.0. The highest BCUT2D eigenvalue weighted by Gasteiger charge is 2.11. The average molecular weight is 308 g/mol. The van der Waals surface area contributed by atoms with Crippen LogP contribution in [0.5, 0.6) is 0 Å². The van der Waals surface area contributed by atoms with E-state index in [2.05, 4.69) is 25.9 Å². The molecule has 3 heterocycles. The number of hydrogen-bond acceptors (Lipinski definition) is 3. The average Bonchev–Trinajstić information content (AvgIpc) is 2.80. The number of aryl methyl sites for hydroxylation is 2. The Morgan fingerprint density at radius 3 is 2.71 bits per heavy atom. The van der Waals surface area contributed by atoms with Crippen molar-refractivity contribution in [2.24, 2.45) is 0 Å². The molecule has 17 heavy (non-hydrogen) atoms. The maximum atomic E-state index is 4.61. The van der Waals surface area contributed by atoms with E-state index in [4.69, 9.17) is 0 Å². The number of aromatic nitrogens is 3. The molecule has 0 radical (unpaired) electrons. The lowest BCUT2D eigenvalue weighted by atomic mass is 10.3. The highest BCUT2D eigenvalue weighted by atomic mass is 79.9. The molecule has 0 spiro atoms. The van der Waals surface area contributed by atoms with E-state index in [0.29, 0.717) is 0 Å². The van der Waals surface area contributed by atoms with Gasteiger partial charge in [-0.05, 0) is 41.9 Å². The number of hydrogen-bond donors (Lipinski definition) is 0. The first-order valence-electron chi connectivity index (χ1n) is 5.22. The van der Waals surface area contributed by atoms with E-state index in [9.17, 15) is 0 Å². The zero-order valence-corrected chi connectivity index (χ0v) is 11.8. The van der Waals surface area contributed by atoms with E-state index in [1.54, 1.807) is 11.3 Å². The van der Waals surface area contributed by atoms with Crippen LogP contribution in [-0.2, 0) is 0 Å². The predicted octanol–water partition coefficient (Wildman–Crippen LogP) is 3.84. The maximum absolute atomic E-state index is 4.61. The van der Waals surface area contributed by atoms with Crippen molar-refractivity contribution in [3.8, 4) is 10.6 Å². The second-order valence-electron chi connectivity index (χ2n) is 3.89. The number of thiazole rings is 1. The standard InChI is InChI=1S/C12H10BrN3S/c1-7-12(17-8(2)14-7)10-6-16-5-9(13)3-4-11(16)15-10/h3-6H,1-2H3. The normalized spacial score (nSPS) is 11.2. The molecular formula is C12H10BrN3S. The van der Waals surface area contributed by atoms with Crippen LogP contribution in [0.4, 0.5) is 0 Å². The minimum Gasteiger partial charge on any atom is -0.305 e. The number of rotatable bonds is 1. The van der Waals surface area contributed by atoms with Gasteiger partial charge in [0.15, 0.2) is 0 Å². The lowest BCUT2D eigenvalue weighted by Gasteiger charge is -1.91. The fourth-order valence-electron chi connectivity index (χ4n) is 1.84. The van der Waals surface area contributed by atoms with Crippen molar-refractivity contribution in [3.05, 3.63) is 39.7 Å². The molecule has 0 aromatic carbocycles.